The average Bonchev–Trinajstić information content (AvgIpc) is 2.99. The molecule has 0 aliphatic carbocycles. The molecular weight excluding hydrogens is 336 g/mol. The Bertz CT molecular complexity index is 952. The number of nitrogens with two attached hydrogens (primary N) is 1. The number of fused-ring (bicyclic) bond motifs is 1. The third-order valence-electron chi connectivity index (χ3n) is 4.92. The van der Waals surface area contributed by atoms with Crippen LogP contribution in [0.4, 0.5) is 14.6 Å². The normalized spacial score (nSPS) is 18.5. The summed E-state index contributed by atoms with van der Waals surface area (Å²) in [6.45, 7) is 3.90. The highest BCUT2D eigenvalue weighted by molar-refractivity contribution is 5.48. The molecule has 2 aromatic heterocycles. The van der Waals surface area contributed by atoms with Crippen molar-refractivity contribution in [3.8, 4) is 0 Å². The molecule has 0 saturated carbocycles. The number of piperidine rings is 1. The number of rotatable bonds is 3. The quantitative estimate of drug-likeness (QED) is 0.782. The van der Waals surface area contributed by atoms with Crippen LogP contribution in [0.1, 0.15) is 35.7 Å². The van der Waals surface area contributed by atoms with Crippen LogP contribution < -0.4 is 5.73 Å². The highest BCUT2D eigenvalue weighted by Crippen LogP contribution is 2.28. The summed E-state index contributed by atoms with van der Waals surface area (Å²) in [7, 11) is 0. The standard InChI is InChI=1S/C19H21F2N5/c1-12-7-19-23-17(9-18(22)26(19)24-12)13-3-2-6-25(10-13)11-14-8-15(20)4-5-16(14)21/h4-5,7-9,13H,2-3,6,10-11,22H2,1H3. The molecule has 1 aliphatic heterocycles. The molecule has 1 atom stereocenters. The zero-order valence-electron chi connectivity index (χ0n) is 14.6. The second-order valence-corrected chi connectivity index (χ2v) is 6.97. The SMILES string of the molecule is Cc1cc2nc(C3CCCN(Cc4cc(F)ccc4F)C3)cc(N)n2n1. The van der Waals surface area contributed by atoms with Crippen molar-refractivity contribution in [1.29, 1.82) is 0 Å². The lowest BCUT2D eigenvalue weighted by Gasteiger charge is -2.32. The Morgan fingerprint density at radius 3 is 2.92 bits per heavy atom. The summed E-state index contributed by atoms with van der Waals surface area (Å²) in [6, 6.07) is 7.38. The number of anilines is 1. The highest BCUT2D eigenvalue weighted by Gasteiger charge is 2.24. The van der Waals surface area contributed by atoms with Crippen LogP contribution in [0.2, 0.25) is 0 Å². The Labute approximate surface area is 150 Å². The number of halogens is 2. The van der Waals surface area contributed by atoms with Gasteiger partial charge in [0.15, 0.2) is 5.65 Å². The minimum Gasteiger partial charge on any atom is -0.384 e. The number of benzene rings is 1. The Morgan fingerprint density at radius 1 is 1.23 bits per heavy atom. The molecule has 1 aliphatic rings. The van der Waals surface area contributed by atoms with Gasteiger partial charge >= 0.3 is 0 Å². The van der Waals surface area contributed by atoms with E-state index in [1.54, 1.807) is 4.52 Å². The van der Waals surface area contributed by atoms with Gasteiger partial charge in [0.2, 0.25) is 0 Å². The first-order valence-electron chi connectivity index (χ1n) is 8.78. The maximum Gasteiger partial charge on any atom is 0.157 e. The largest absolute Gasteiger partial charge is 0.384 e. The van der Waals surface area contributed by atoms with Gasteiger partial charge in [0.05, 0.1) is 11.4 Å². The smallest absolute Gasteiger partial charge is 0.157 e. The topological polar surface area (TPSA) is 59.5 Å². The molecule has 2 N–H and O–H groups in total. The first-order valence-corrected chi connectivity index (χ1v) is 8.78. The lowest BCUT2D eigenvalue weighted by atomic mass is 9.94. The van der Waals surface area contributed by atoms with Crippen molar-refractivity contribution in [3.63, 3.8) is 0 Å². The number of hydrogen-bond donors (Lipinski definition) is 1. The van der Waals surface area contributed by atoms with E-state index in [0.717, 1.165) is 49.0 Å². The maximum absolute atomic E-state index is 13.9. The van der Waals surface area contributed by atoms with Crippen LogP contribution in [0.15, 0.2) is 30.3 Å². The van der Waals surface area contributed by atoms with E-state index in [1.807, 2.05) is 19.1 Å². The van der Waals surface area contributed by atoms with Crippen molar-refractivity contribution in [2.24, 2.45) is 0 Å². The summed E-state index contributed by atoms with van der Waals surface area (Å²) in [6.07, 6.45) is 1.98. The number of likely N-dealkylation sites (tertiary alicyclic amines) is 1. The van der Waals surface area contributed by atoms with Gasteiger partial charge in [0.1, 0.15) is 17.5 Å². The van der Waals surface area contributed by atoms with Gasteiger partial charge in [-0.3, -0.25) is 4.90 Å². The molecule has 3 aromatic rings. The average molecular weight is 357 g/mol. The molecule has 1 saturated heterocycles. The van der Waals surface area contributed by atoms with E-state index >= 15 is 0 Å². The molecule has 136 valence electrons. The fourth-order valence-electron chi connectivity index (χ4n) is 3.69. The molecule has 3 heterocycles. The fourth-order valence-corrected chi connectivity index (χ4v) is 3.69. The van der Waals surface area contributed by atoms with E-state index in [4.69, 9.17) is 10.7 Å². The Kier molecular flexibility index (Phi) is 4.32. The van der Waals surface area contributed by atoms with E-state index in [2.05, 4.69) is 10.00 Å². The molecule has 7 heteroatoms. The molecule has 0 amide bonds. The third-order valence-corrected chi connectivity index (χ3v) is 4.92. The summed E-state index contributed by atoms with van der Waals surface area (Å²) < 4.78 is 29.0. The van der Waals surface area contributed by atoms with Crippen LogP contribution in [0.3, 0.4) is 0 Å². The molecule has 1 fully saturated rings. The van der Waals surface area contributed by atoms with Crippen LogP contribution in [0, 0.1) is 18.6 Å². The summed E-state index contributed by atoms with van der Waals surface area (Å²) in [5, 5.41) is 4.33. The molecule has 0 bridgehead atoms. The van der Waals surface area contributed by atoms with Gasteiger partial charge in [0.25, 0.3) is 0 Å². The third kappa shape index (κ3) is 3.26. The maximum atomic E-state index is 13.9. The molecule has 1 aromatic carbocycles. The monoisotopic (exact) mass is 357 g/mol. The molecule has 1 unspecified atom stereocenters. The van der Waals surface area contributed by atoms with Gasteiger partial charge in [-0.1, -0.05) is 0 Å². The van der Waals surface area contributed by atoms with Gasteiger partial charge in [-0.2, -0.15) is 9.61 Å². The van der Waals surface area contributed by atoms with Crippen LogP contribution in [0.5, 0.6) is 0 Å². The number of nitrogens with zero attached hydrogens (tertiary/aromatic N) is 4. The first-order chi connectivity index (χ1) is 12.5. The number of nitrogen functional groups attached to an aromatic ring is 1. The molecular formula is C19H21F2N5. The second-order valence-electron chi connectivity index (χ2n) is 6.97. The van der Waals surface area contributed by atoms with Gasteiger partial charge in [0, 0.05) is 36.7 Å². The predicted octanol–water partition coefficient (Wildman–Crippen LogP) is 3.28. The number of aromatic nitrogens is 3. The minimum atomic E-state index is -0.411. The Morgan fingerprint density at radius 2 is 2.08 bits per heavy atom. The van der Waals surface area contributed by atoms with E-state index in [9.17, 15) is 8.78 Å². The van der Waals surface area contributed by atoms with Crippen LogP contribution >= 0.6 is 0 Å². The molecule has 0 radical (unpaired) electrons. The highest BCUT2D eigenvalue weighted by atomic mass is 19.1. The van der Waals surface area contributed by atoms with Gasteiger partial charge in [-0.15, -0.1) is 0 Å². The van der Waals surface area contributed by atoms with Crippen LogP contribution in [-0.2, 0) is 6.54 Å². The second kappa shape index (κ2) is 6.64. The summed E-state index contributed by atoms with van der Waals surface area (Å²) in [5.41, 5.74) is 9.06. The van der Waals surface area contributed by atoms with Crippen molar-refractivity contribution in [2.75, 3.05) is 18.8 Å². The van der Waals surface area contributed by atoms with E-state index in [1.165, 1.54) is 12.1 Å². The van der Waals surface area contributed by atoms with Crippen molar-refractivity contribution in [2.45, 2.75) is 32.2 Å². The Hall–Kier alpha value is -2.54. The predicted molar refractivity (Wildman–Crippen MR) is 95.7 cm³/mol. The van der Waals surface area contributed by atoms with Crippen molar-refractivity contribution < 1.29 is 8.78 Å². The van der Waals surface area contributed by atoms with Crippen LogP contribution in [-0.4, -0.2) is 32.6 Å². The summed E-state index contributed by atoms with van der Waals surface area (Å²) in [5.74, 6) is -0.00715. The zero-order valence-corrected chi connectivity index (χ0v) is 14.6. The zero-order chi connectivity index (χ0) is 18.3. The summed E-state index contributed by atoms with van der Waals surface area (Å²) >= 11 is 0. The van der Waals surface area contributed by atoms with Crippen molar-refractivity contribution >= 4 is 11.5 Å². The minimum absolute atomic E-state index is 0.211. The first kappa shape index (κ1) is 16.9. The van der Waals surface area contributed by atoms with E-state index in [-0.39, 0.29) is 11.7 Å². The van der Waals surface area contributed by atoms with Gasteiger partial charge in [-0.25, -0.2) is 13.8 Å². The van der Waals surface area contributed by atoms with Crippen molar-refractivity contribution in [1.82, 2.24) is 19.5 Å². The van der Waals surface area contributed by atoms with Crippen LogP contribution in [0.25, 0.3) is 5.65 Å². The Balaban J connectivity index is 1.56. The lowest BCUT2D eigenvalue weighted by Crippen LogP contribution is -2.34. The molecule has 26 heavy (non-hydrogen) atoms. The van der Waals surface area contributed by atoms with Gasteiger partial charge in [-0.05, 0) is 44.5 Å². The van der Waals surface area contributed by atoms with Crippen molar-refractivity contribution in [3.05, 3.63) is 58.9 Å². The summed E-state index contributed by atoms with van der Waals surface area (Å²) in [4.78, 5) is 6.86. The molecule has 4 rings (SSSR count). The number of aryl methyl sites for hydroxylation is 1. The molecule has 5 nitrogen and oxygen atoms in total. The van der Waals surface area contributed by atoms with E-state index < -0.39 is 5.82 Å². The lowest BCUT2D eigenvalue weighted by molar-refractivity contribution is 0.196. The molecule has 0 spiro atoms. The number of hydrogen-bond acceptors (Lipinski definition) is 4. The van der Waals surface area contributed by atoms with E-state index in [0.29, 0.717) is 17.9 Å². The van der Waals surface area contributed by atoms with Gasteiger partial charge < -0.3 is 5.73 Å². The fraction of sp³-hybridized carbons (Fsp3) is 0.368.